The Morgan fingerprint density at radius 3 is 1.69 bits per heavy atom. The van der Waals surface area contributed by atoms with Gasteiger partial charge in [0.15, 0.2) is 11.9 Å². The molecule has 23 heteroatoms. The third kappa shape index (κ3) is 17.5. The smallest absolute Gasteiger partial charge is 0.349 e. The number of hydrogen-bond donors (Lipinski definition) is 12. The molecule has 21 nitrogen and oxygen atoms in total. The molecular weight excluding hydrogens is 687 g/mol. The molecule has 0 aromatic carbocycles. The number of thiol groups is 2. The molecule has 278 valence electrons. The molecule has 0 rings (SSSR count). The number of nitrogens with zero attached hydrogens (tertiary/aromatic N) is 3. The zero-order chi connectivity index (χ0) is 37.8. The van der Waals surface area contributed by atoms with Crippen LogP contribution in [0.25, 0.3) is 0 Å². The summed E-state index contributed by atoms with van der Waals surface area (Å²) >= 11 is 7.97. The van der Waals surface area contributed by atoms with Crippen LogP contribution in [0.5, 0.6) is 0 Å². The van der Waals surface area contributed by atoms with Gasteiger partial charge in [0.05, 0.1) is 0 Å². The van der Waals surface area contributed by atoms with Crippen LogP contribution >= 0.6 is 25.3 Å². The number of nitrogens with one attached hydrogen (secondary N) is 4. The van der Waals surface area contributed by atoms with Crippen molar-refractivity contribution >= 4 is 78.6 Å². The average Bonchev–Trinajstić information content (AvgIpc) is 3.02. The molecule has 6 atom stereocenters. The minimum Gasteiger partial charge on any atom is -0.370 e. The predicted octanol–water partition coefficient (Wildman–Crippen LogP) is -5.58. The molecule has 0 aliphatic carbocycles. The van der Waals surface area contributed by atoms with Crippen molar-refractivity contribution in [3.8, 4) is 0 Å². The molecular formula is C26H49N13O8S2. The predicted molar refractivity (Wildman–Crippen MR) is 186 cm³/mol. The normalized spacial score (nSPS) is 14.2. The maximum absolute atomic E-state index is 13.6. The lowest BCUT2D eigenvalue weighted by molar-refractivity contribution is -0.209. The molecule has 0 radical (unpaired) electrons. The third-order valence-electron chi connectivity index (χ3n) is 6.38. The zero-order valence-electron chi connectivity index (χ0n) is 27.6. The third-order valence-corrected chi connectivity index (χ3v) is 7.14. The van der Waals surface area contributed by atoms with Crippen molar-refractivity contribution in [2.45, 2.75) is 82.7 Å². The first-order valence-electron chi connectivity index (χ1n) is 15.0. The van der Waals surface area contributed by atoms with Crippen molar-refractivity contribution in [3.05, 3.63) is 0 Å². The lowest BCUT2D eigenvalue weighted by Crippen LogP contribution is -2.59. The fourth-order valence-corrected chi connectivity index (χ4v) is 4.23. The summed E-state index contributed by atoms with van der Waals surface area (Å²) in [5.41, 5.74) is 32.6. The first-order chi connectivity index (χ1) is 22.9. The Hall–Kier alpha value is -4.51. The fraction of sp³-hybridized carbons (Fsp3) is 0.654. The Morgan fingerprint density at radius 2 is 1.22 bits per heavy atom. The Balaban J connectivity index is 6.11. The molecule has 0 unspecified atom stereocenters. The van der Waals surface area contributed by atoms with Crippen molar-refractivity contribution in [3.63, 3.8) is 0 Å². The van der Waals surface area contributed by atoms with E-state index in [2.05, 4.69) is 56.5 Å². The number of carbonyl (C=O) groups is 7. The minimum absolute atomic E-state index is 0.0364. The zero-order valence-corrected chi connectivity index (χ0v) is 29.4. The Morgan fingerprint density at radius 1 is 0.714 bits per heavy atom. The second kappa shape index (κ2) is 23.0. The summed E-state index contributed by atoms with van der Waals surface area (Å²) in [6, 6.07) is -7.78. The van der Waals surface area contributed by atoms with Gasteiger partial charge in [0.25, 0.3) is 5.91 Å². The summed E-state index contributed by atoms with van der Waals surface area (Å²) in [5, 5.41) is 10.2. The van der Waals surface area contributed by atoms with E-state index in [1.54, 1.807) is 0 Å². The molecule has 49 heavy (non-hydrogen) atoms. The van der Waals surface area contributed by atoms with Gasteiger partial charge in [0.1, 0.15) is 36.3 Å². The largest absolute Gasteiger partial charge is 0.370 e. The average molecular weight is 736 g/mol. The summed E-state index contributed by atoms with van der Waals surface area (Å²) < 4.78 is 0. The molecule has 0 aliphatic rings. The van der Waals surface area contributed by atoms with E-state index in [1.165, 1.54) is 20.8 Å². The molecule has 0 aliphatic heterocycles. The van der Waals surface area contributed by atoms with Gasteiger partial charge in [-0.05, 0) is 39.5 Å². The van der Waals surface area contributed by atoms with E-state index < -0.39 is 77.7 Å². The Labute approximate surface area is 294 Å². The van der Waals surface area contributed by atoms with E-state index in [-0.39, 0.29) is 62.2 Å². The highest BCUT2D eigenvalue weighted by Gasteiger charge is 2.37. The second-order valence-electron chi connectivity index (χ2n) is 10.6. The van der Waals surface area contributed by atoms with Gasteiger partial charge in [-0.3, -0.25) is 38.8 Å². The first kappa shape index (κ1) is 44.5. The lowest BCUT2D eigenvalue weighted by atomic mass is 10.1. The first-order valence-corrected chi connectivity index (χ1v) is 16.2. The van der Waals surface area contributed by atoms with E-state index in [4.69, 9.17) is 39.2 Å². The number of hydrogen-bond acceptors (Lipinski definition) is 13. The van der Waals surface area contributed by atoms with Gasteiger partial charge in [-0.1, -0.05) is 0 Å². The van der Waals surface area contributed by atoms with Crippen LogP contribution < -0.4 is 55.7 Å². The second-order valence-corrected chi connectivity index (χ2v) is 11.4. The summed E-state index contributed by atoms with van der Waals surface area (Å²) in [5.74, 6) is -6.72. The number of primary amides is 1. The van der Waals surface area contributed by atoms with E-state index in [1.807, 2.05) is 0 Å². The molecule has 0 fully saturated rings. The quantitative estimate of drug-likeness (QED) is 0.0172. The van der Waals surface area contributed by atoms with Crippen molar-refractivity contribution in [2.75, 3.05) is 24.6 Å². The van der Waals surface area contributed by atoms with E-state index in [0.717, 1.165) is 0 Å². The van der Waals surface area contributed by atoms with Crippen LogP contribution in [0.4, 0.5) is 0 Å². The molecule has 16 N–H and O–H groups in total. The van der Waals surface area contributed by atoms with Crippen LogP contribution in [0.2, 0.25) is 0 Å². The van der Waals surface area contributed by atoms with Crippen LogP contribution in [-0.4, -0.2) is 119 Å². The SMILES string of the molecule is CC(=O)N[C@H](CS)C(=O)N[C@@H](C)C(=O)N[C@H](CCCN=C(N)N)C(=O)N[C@@H](C)C(=O)N(OC(=O)[C@@H](N)CS)[C@H](CCCN=C(N)N)C(N)=O. The summed E-state index contributed by atoms with van der Waals surface area (Å²) in [4.78, 5) is 102. The molecule has 0 aromatic rings. The molecule has 0 aromatic heterocycles. The van der Waals surface area contributed by atoms with Crippen LogP contribution in [0.1, 0.15) is 46.5 Å². The summed E-state index contributed by atoms with van der Waals surface area (Å²) in [6.07, 6.45) is 0.134. The molecule has 6 amide bonds. The fourth-order valence-electron chi connectivity index (χ4n) is 3.82. The monoisotopic (exact) mass is 735 g/mol. The van der Waals surface area contributed by atoms with Crippen molar-refractivity contribution in [2.24, 2.45) is 44.4 Å². The minimum atomic E-state index is -1.52. The highest BCUT2D eigenvalue weighted by atomic mass is 32.1. The van der Waals surface area contributed by atoms with Gasteiger partial charge in [-0.2, -0.15) is 30.3 Å². The summed E-state index contributed by atoms with van der Waals surface area (Å²) in [7, 11) is 0. The molecule has 0 heterocycles. The van der Waals surface area contributed by atoms with Gasteiger partial charge in [0, 0.05) is 31.5 Å². The number of aliphatic imine (C=N–C) groups is 2. The summed E-state index contributed by atoms with van der Waals surface area (Å²) in [6.45, 7) is 3.92. The Bertz CT molecular complexity index is 1230. The highest BCUT2D eigenvalue weighted by molar-refractivity contribution is 7.80. The van der Waals surface area contributed by atoms with Crippen LogP contribution in [0.15, 0.2) is 9.98 Å². The van der Waals surface area contributed by atoms with Crippen molar-refractivity contribution in [1.82, 2.24) is 26.3 Å². The molecule has 0 spiro atoms. The lowest BCUT2D eigenvalue weighted by Gasteiger charge is -2.31. The van der Waals surface area contributed by atoms with Gasteiger partial charge >= 0.3 is 5.97 Å². The van der Waals surface area contributed by atoms with E-state index >= 15 is 0 Å². The molecule has 0 saturated carbocycles. The number of rotatable bonds is 21. The van der Waals surface area contributed by atoms with Crippen LogP contribution in [-0.2, 0) is 38.4 Å². The van der Waals surface area contributed by atoms with Crippen molar-refractivity contribution in [1.29, 1.82) is 0 Å². The number of nitrogens with two attached hydrogens (primary N) is 6. The number of carbonyl (C=O) groups excluding carboxylic acids is 7. The number of amides is 6. The van der Waals surface area contributed by atoms with Gasteiger partial charge in [-0.15, -0.1) is 0 Å². The van der Waals surface area contributed by atoms with Crippen LogP contribution in [0, 0.1) is 0 Å². The maximum atomic E-state index is 13.6. The number of guanidine groups is 2. The molecule has 0 saturated heterocycles. The van der Waals surface area contributed by atoms with Crippen LogP contribution in [0.3, 0.4) is 0 Å². The topological polar surface area (TPSA) is 361 Å². The number of hydroxylamine groups is 2. The van der Waals surface area contributed by atoms with Gasteiger partial charge < -0.3 is 60.5 Å². The van der Waals surface area contributed by atoms with Gasteiger partial charge in [-0.25, -0.2) is 4.79 Å². The Kier molecular flexibility index (Phi) is 20.8. The maximum Gasteiger partial charge on any atom is 0.349 e. The molecule has 0 bridgehead atoms. The standard InChI is InChI=1S/C26H49N13O8S2/c1-12(35-22(44)17(11-49)37-14(3)40)20(42)38-16(6-4-8-33-25(29)30)21(43)36-13(2)23(45)39(47-24(46)15(27)10-48)18(19(28)41)7-5-9-34-26(31)32/h12-13,15-18,48-49H,4-11,27H2,1-3H3,(H2,28,41)(H,35,44)(H,36,43)(H,37,40)(H,38,42)(H4,29,30,33)(H4,31,32,34)/t12-,13-,15-,16+,17+,18+/m0/s1. The van der Waals surface area contributed by atoms with E-state index in [0.29, 0.717) is 5.06 Å². The van der Waals surface area contributed by atoms with E-state index in [9.17, 15) is 33.6 Å². The highest BCUT2D eigenvalue weighted by Crippen LogP contribution is 2.13. The van der Waals surface area contributed by atoms with Gasteiger partial charge in [0.2, 0.25) is 29.5 Å². The van der Waals surface area contributed by atoms with Crippen molar-refractivity contribution < 1.29 is 38.4 Å².